The fourth-order valence-corrected chi connectivity index (χ4v) is 2.62. The fraction of sp³-hybridized carbons (Fsp3) is 0.333. The summed E-state index contributed by atoms with van der Waals surface area (Å²) in [4.78, 5) is 23.3. The van der Waals surface area contributed by atoms with E-state index in [-0.39, 0.29) is 6.42 Å². The van der Waals surface area contributed by atoms with Crippen LogP contribution in [0.25, 0.3) is 0 Å². The van der Waals surface area contributed by atoms with Crippen molar-refractivity contribution in [1.82, 2.24) is 5.32 Å². The SMILES string of the molecule is CC(C)(C)OC(=O)NC(Cc1ccc(OCc2ccc(Br)cc2)cc1)C(=O)O. The molecule has 0 radical (unpaired) electrons. The number of aliphatic carboxylic acids is 1. The molecule has 0 saturated carbocycles. The molecular weight excluding hydrogens is 426 g/mol. The van der Waals surface area contributed by atoms with Crippen molar-refractivity contribution in [2.45, 2.75) is 45.4 Å². The number of carbonyl (C=O) groups is 2. The summed E-state index contributed by atoms with van der Waals surface area (Å²) in [5.74, 6) is -0.444. The Balaban J connectivity index is 1.92. The Labute approximate surface area is 173 Å². The van der Waals surface area contributed by atoms with Crippen molar-refractivity contribution < 1.29 is 24.2 Å². The molecule has 0 aliphatic carbocycles. The highest BCUT2D eigenvalue weighted by atomic mass is 79.9. The molecule has 2 aromatic rings. The lowest BCUT2D eigenvalue weighted by Gasteiger charge is -2.22. The Bertz CT molecular complexity index is 797. The summed E-state index contributed by atoms with van der Waals surface area (Å²) in [6, 6.07) is 13.9. The van der Waals surface area contributed by atoms with Crippen molar-refractivity contribution in [3.8, 4) is 5.75 Å². The molecule has 150 valence electrons. The standard InChI is InChI=1S/C21H24BrNO5/c1-21(2,3)28-20(26)23-18(19(24)25)12-14-6-10-17(11-7-14)27-13-15-4-8-16(22)9-5-15/h4-11,18H,12-13H2,1-3H3,(H,23,26)(H,24,25). The average molecular weight is 450 g/mol. The first-order valence-corrected chi connectivity index (χ1v) is 9.60. The van der Waals surface area contributed by atoms with E-state index in [1.54, 1.807) is 45.0 Å². The van der Waals surface area contributed by atoms with E-state index in [1.165, 1.54) is 0 Å². The van der Waals surface area contributed by atoms with E-state index in [2.05, 4.69) is 21.2 Å². The zero-order valence-corrected chi connectivity index (χ0v) is 17.7. The molecule has 0 fully saturated rings. The van der Waals surface area contributed by atoms with Gasteiger partial charge in [0.25, 0.3) is 0 Å². The van der Waals surface area contributed by atoms with Gasteiger partial charge in [-0.1, -0.05) is 40.2 Å². The molecular formula is C21H24BrNO5. The molecule has 1 amide bonds. The molecule has 2 rings (SSSR count). The first-order chi connectivity index (χ1) is 13.1. The molecule has 0 aliphatic heterocycles. The molecule has 1 unspecified atom stereocenters. The van der Waals surface area contributed by atoms with E-state index < -0.39 is 23.7 Å². The van der Waals surface area contributed by atoms with Crippen molar-refractivity contribution >= 4 is 28.0 Å². The average Bonchev–Trinajstić information content (AvgIpc) is 2.60. The minimum atomic E-state index is -1.12. The van der Waals surface area contributed by atoms with Gasteiger partial charge in [0, 0.05) is 10.9 Å². The number of ether oxygens (including phenoxy) is 2. The van der Waals surface area contributed by atoms with E-state index in [0.29, 0.717) is 12.4 Å². The minimum Gasteiger partial charge on any atom is -0.489 e. The lowest BCUT2D eigenvalue weighted by molar-refractivity contribution is -0.139. The molecule has 7 heteroatoms. The number of carboxylic acid groups (broad SMARTS) is 1. The van der Waals surface area contributed by atoms with E-state index in [4.69, 9.17) is 9.47 Å². The van der Waals surface area contributed by atoms with Crippen LogP contribution in [0, 0.1) is 0 Å². The number of alkyl carbamates (subject to hydrolysis) is 1. The first-order valence-electron chi connectivity index (χ1n) is 8.81. The van der Waals surface area contributed by atoms with Crippen LogP contribution in [0.5, 0.6) is 5.75 Å². The fourth-order valence-electron chi connectivity index (χ4n) is 2.35. The molecule has 2 aromatic carbocycles. The van der Waals surface area contributed by atoms with Gasteiger partial charge in [-0.3, -0.25) is 0 Å². The highest BCUT2D eigenvalue weighted by Crippen LogP contribution is 2.17. The predicted molar refractivity (Wildman–Crippen MR) is 109 cm³/mol. The van der Waals surface area contributed by atoms with Crippen LogP contribution in [0.2, 0.25) is 0 Å². The third-order valence-electron chi connectivity index (χ3n) is 3.67. The summed E-state index contributed by atoms with van der Waals surface area (Å²) in [5.41, 5.74) is 1.11. The van der Waals surface area contributed by atoms with Crippen LogP contribution >= 0.6 is 15.9 Å². The lowest BCUT2D eigenvalue weighted by Crippen LogP contribution is -2.44. The predicted octanol–water partition coefficient (Wildman–Crippen LogP) is 4.55. The molecule has 0 heterocycles. The van der Waals surface area contributed by atoms with Crippen LogP contribution in [-0.2, 0) is 22.6 Å². The Kier molecular flexibility index (Phi) is 7.45. The molecule has 0 aromatic heterocycles. The number of hydrogen-bond donors (Lipinski definition) is 2. The smallest absolute Gasteiger partial charge is 0.408 e. The lowest BCUT2D eigenvalue weighted by atomic mass is 10.1. The Hall–Kier alpha value is -2.54. The Morgan fingerprint density at radius 3 is 2.14 bits per heavy atom. The maximum atomic E-state index is 11.8. The second-order valence-corrected chi connectivity index (χ2v) is 8.22. The third-order valence-corrected chi connectivity index (χ3v) is 4.20. The van der Waals surface area contributed by atoms with E-state index in [9.17, 15) is 14.7 Å². The number of rotatable bonds is 7. The summed E-state index contributed by atoms with van der Waals surface area (Å²) in [5, 5.41) is 11.8. The second-order valence-electron chi connectivity index (χ2n) is 7.30. The van der Waals surface area contributed by atoms with Gasteiger partial charge in [-0.2, -0.15) is 0 Å². The van der Waals surface area contributed by atoms with Gasteiger partial charge in [0.05, 0.1) is 0 Å². The molecule has 0 aliphatic rings. The summed E-state index contributed by atoms with van der Waals surface area (Å²) in [6.07, 6.45) is -0.615. The van der Waals surface area contributed by atoms with Gasteiger partial charge in [0.1, 0.15) is 24.0 Å². The topological polar surface area (TPSA) is 84.9 Å². The number of hydrogen-bond acceptors (Lipinski definition) is 4. The van der Waals surface area contributed by atoms with Gasteiger partial charge < -0.3 is 19.9 Å². The van der Waals surface area contributed by atoms with Gasteiger partial charge >= 0.3 is 12.1 Å². The van der Waals surface area contributed by atoms with E-state index in [1.807, 2.05) is 24.3 Å². The van der Waals surface area contributed by atoms with E-state index in [0.717, 1.165) is 15.6 Å². The third kappa shape index (κ3) is 7.60. The molecule has 6 nitrogen and oxygen atoms in total. The zero-order chi connectivity index (χ0) is 20.7. The number of halogens is 1. The van der Waals surface area contributed by atoms with E-state index >= 15 is 0 Å². The van der Waals surface area contributed by atoms with Crippen molar-refractivity contribution in [3.63, 3.8) is 0 Å². The number of benzene rings is 2. The van der Waals surface area contributed by atoms with Crippen LogP contribution in [0.4, 0.5) is 4.79 Å². The number of nitrogens with one attached hydrogen (secondary N) is 1. The van der Waals surface area contributed by atoms with Crippen molar-refractivity contribution in [1.29, 1.82) is 0 Å². The highest BCUT2D eigenvalue weighted by Gasteiger charge is 2.24. The Morgan fingerprint density at radius 1 is 1.04 bits per heavy atom. The zero-order valence-electron chi connectivity index (χ0n) is 16.1. The summed E-state index contributed by atoms with van der Waals surface area (Å²) < 4.78 is 11.9. The molecule has 1 atom stereocenters. The van der Waals surface area contributed by atoms with Crippen molar-refractivity contribution in [2.75, 3.05) is 0 Å². The summed E-state index contributed by atoms with van der Waals surface area (Å²) >= 11 is 3.39. The summed E-state index contributed by atoms with van der Waals surface area (Å²) in [7, 11) is 0. The number of carbonyl (C=O) groups excluding carboxylic acids is 1. The molecule has 2 N–H and O–H groups in total. The van der Waals surface area contributed by atoms with Gasteiger partial charge in [0.15, 0.2) is 0 Å². The first kappa shape index (κ1) is 21.8. The monoisotopic (exact) mass is 449 g/mol. The van der Waals surface area contributed by atoms with Crippen LogP contribution in [0.1, 0.15) is 31.9 Å². The number of carboxylic acids is 1. The van der Waals surface area contributed by atoms with Gasteiger partial charge in [-0.25, -0.2) is 9.59 Å². The van der Waals surface area contributed by atoms with Crippen LogP contribution < -0.4 is 10.1 Å². The normalized spacial score (nSPS) is 12.1. The molecule has 28 heavy (non-hydrogen) atoms. The van der Waals surface area contributed by atoms with Crippen LogP contribution in [0.3, 0.4) is 0 Å². The van der Waals surface area contributed by atoms with Crippen molar-refractivity contribution in [2.24, 2.45) is 0 Å². The highest BCUT2D eigenvalue weighted by molar-refractivity contribution is 9.10. The Morgan fingerprint density at radius 2 is 1.61 bits per heavy atom. The van der Waals surface area contributed by atoms with Gasteiger partial charge in [-0.15, -0.1) is 0 Å². The summed E-state index contributed by atoms with van der Waals surface area (Å²) in [6.45, 7) is 5.59. The molecule has 0 spiro atoms. The van der Waals surface area contributed by atoms with Crippen molar-refractivity contribution in [3.05, 3.63) is 64.1 Å². The van der Waals surface area contributed by atoms with Crippen LogP contribution in [-0.4, -0.2) is 28.8 Å². The van der Waals surface area contributed by atoms with Gasteiger partial charge in [0.2, 0.25) is 0 Å². The molecule has 0 bridgehead atoms. The second kappa shape index (κ2) is 9.59. The van der Waals surface area contributed by atoms with Gasteiger partial charge in [-0.05, 0) is 56.2 Å². The quantitative estimate of drug-likeness (QED) is 0.647. The maximum Gasteiger partial charge on any atom is 0.408 e. The largest absolute Gasteiger partial charge is 0.489 e. The maximum absolute atomic E-state index is 11.8. The minimum absolute atomic E-state index is 0.140. The molecule has 0 saturated heterocycles. The number of amides is 1. The van der Waals surface area contributed by atoms with Crippen LogP contribution in [0.15, 0.2) is 53.0 Å².